The van der Waals surface area contributed by atoms with E-state index in [1.165, 1.54) is 0 Å². The average molecular weight is 407 g/mol. The maximum atomic E-state index is 11.8. The summed E-state index contributed by atoms with van der Waals surface area (Å²) in [6.07, 6.45) is 2.89. The molecule has 7 heteroatoms. The fraction of sp³-hybridized carbons (Fsp3) is 0. The Labute approximate surface area is 177 Å². The molecule has 150 valence electrons. The molecule has 5 aromatic rings. The van der Waals surface area contributed by atoms with Crippen LogP contribution in [0.3, 0.4) is 0 Å². The predicted octanol–water partition coefficient (Wildman–Crippen LogP) is 5.01. The van der Waals surface area contributed by atoms with E-state index in [0.717, 1.165) is 33.6 Å². The van der Waals surface area contributed by atoms with Gasteiger partial charge in [-0.05, 0) is 42.5 Å². The number of para-hydroxylation sites is 2. The number of carbonyl (C=O) groups excluding carboxylic acids is 1. The maximum absolute atomic E-state index is 11.8. The van der Waals surface area contributed by atoms with E-state index in [4.69, 9.17) is 14.7 Å². The van der Waals surface area contributed by atoms with Crippen LogP contribution in [0.2, 0.25) is 0 Å². The Hall–Kier alpha value is -4.52. The van der Waals surface area contributed by atoms with Crippen molar-refractivity contribution < 1.29 is 9.53 Å². The molecule has 0 aliphatic rings. The normalized spacial score (nSPS) is 10.8. The Balaban J connectivity index is 1.63. The molecule has 31 heavy (non-hydrogen) atoms. The number of ether oxygens (including phenoxy) is 1. The van der Waals surface area contributed by atoms with Crippen molar-refractivity contribution in [3.8, 4) is 17.1 Å². The van der Waals surface area contributed by atoms with Crippen LogP contribution in [0.4, 0.5) is 11.5 Å². The molecule has 0 radical (unpaired) electrons. The fourth-order valence-electron chi connectivity index (χ4n) is 3.34. The number of fused-ring (bicyclic) bond motifs is 2. The van der Waals surface area contributed by atoms with Crippen LogP contribution in [0.5, 0.6) is 5.75 Å². The molecule has 0 spiro atoms. The summed E-state index contributed by atoms with van der Waals surface area (Å²) in [5.74, 6) is 0.916. The van der Waals surface area contributed by atoms with Gasteiger partial charge in [0.15, 0.2) is 5.82 Å². The van der Waals surface area contributed by atoms with E-state index in [-0.39, 0.29) is 0 Å². The van der Waals surface area contributed by atoms with Crippen LogP contribution in [-0.2, 0) is 4.79 Å². The molecule has 5 rings (SSSR count). The highest BCUT2D eigenvalue weighted by Crippen LogP contribution is 2.32. The van der Waals surface area contributed by atoms with Crippen LogP contribution in [-0.4, -0.2) is 26.1 Å². The molecule has 0 saturated heterocycles. The predicted molar refractivity (Wildman–Crippen MR) is 120 cm³/mol. The van der Waals surface area contributed by atoms with Crippen molar-refractivity contribution in [2.75, 3.05) is 5.32 Å². The number of nitrogens with one attached hydrogen (secondary N) is 2. The fourth-order valence-corrected chi connectivity index (χ4v) is 3.34. The number of aromatic amines is 1. The van der Waals surface area contributed by atoms with Crippen molar-refractivity contribution in [1.82, 2.24) is 20.2 Å². The lowest BCUT2D eigenvalue weighted by atomic mass is 10.1. The number of benzene rings is 3. The number of nitrogens with zero attached hydrogens (tertiary/aromatic N) is 3. The van der Waals surface area contributed by atoms with Crippen molar-refractivity contribution in [2.24, 2.45) is 0 Å². The molecule has 0 fully saturated rings. The first-order valence-corrected chi connectivity index (χ1v) is 9.62. The van der Waals surface area contributed by atoms with Gasteiger partial charge in [-0.2, -0.15) is 5.10 Å². The van der Waals surface area contributed by atoms with Gasteiger partial charge in [-0.15, -0.1) is 0 Å². The number of H-pyrrole nitrogens is 1. The lowest BCUT2D eigenvalue weighted by Crippen LogP contribution is -2.05. The van der Waals surface area contributed by atoms with Gasteiger partial charge >= 0.3 is 5.97 Å². The molecule has 0 saturated carbocycles. The van der Waals surface area contributed by atoms with Gasteiger partial charge in [0.2, 0.25) is 0 Å². The first-order chi connectivity index (χ1) is 15.2. The number of hydrogen-bond acceptors (Lipinski definition) is 6. The summed E-state index contributed by atoms with van der Waals surface area (Å²) in [5.41, 5.74) is 3.20. The summed E-state index contributed by atoms with van der Waals surface area (Å²) in [6.45, 7) is 3.46. The van der Waals surface area contributed by atoms with Gasteiger partial charge in [-0.25, -0.2) is 14.8 Å². The molecular formula is C24H17N5O2. The zero-order chi connectivity index (χ0) is 21.2. The molecular weight excluding hydrogens is 390 g/mol. The van der Waals surface area contributed by atoms with E-state index in [1.807, 2.05) is 54.6 Å². The van der Waals surface area contributed by atoms with Gasteiger partial charge in [0.05, 0.1) is 22.8 Å². The largest absolute Gasteiger partial charge is 0.423 e. The van der Waals surface area contributed by atoms with E-state index < -0.39 is 5.97 Å². The van der Waals surface area contributed by atoms with Crippen molar-refractivity contribution in [2.45, 2.75) is 0 Å². The molecule has 7 nitrogen and oxygen atoms in total. The third-order valence-corrected chi connectivity index (χ3v) is 4.81. The summed E-state index contributed by atoms with van der Waals surface area (Å²) in [4.78, 5) is 21.2. The molecule has 0 unspecified atom stereocenters. The van der Waals surface area contributed by atoms with Gasteiger partial charge < -0.3 is 10.1 Å². The van der Waals surface area contributed by atoms with E-state index in [9.17, 15) is 4.79 Å². The Morgan fingerprint density at radius 3 is 2.77 bits per heavy atom. The second-order valence-electron chi connectivity index (χ2n) is 6.83. The van der Waals surface area contributed by atoms with Crippen LogP contribution in [0.15, 0.2) is 85.6 Å². The molecule has 2 heterocycles. The summed E-state index contributed by atoms with van der Waals surface area (Å²) >= 11 is 0. The Bertz CT molecular complexity index is 1440. The number of anilines is 2. The van der Waals surface area contributed by atoms with E-state index >= 15 is 0 Å². The summed E-state index contributed by atoms with van der Waals surface area (Å²) in [6, 6.07) is 20.8. The van der Waals surface area contributed by atoms with E-state index in [0.29, 0.717) is 23.0 Å². The lowest BCUT2D eigenvalue weighted by Gasteiger charge is -2.13. The van der Waals surface area contributed by atoms with Gasteiger partial charge in [0, 0.05) is 22.5 Å². The molecule has 0 atom stereocenters. The van der Waals surface area contributed by atoms with Gasteiger partial charge in [-0.3, -0.25) is 5.10 Å². The number of rotatable bonds is 5. The number of aromatic nitrogens is 4. The second kappa shape index (κ2) is 7.72. The molecule has 2 N–H and O–H groups in total. The first kappa shape index (κ1) is 18.5. The zero-order valence-electron chi connectivity index (χ0n) is 16.4. The number of esters is 1. The van der Waals surface area contributed by atoms with Crippen LogP contribution in [0.1, 0.15) is 0 Å². The van der Waals surface area contributed by atoms with Crippen molar-refractivity contribution in [1.29, 1.82) is 0 Å². The van der Waals surface area contributed by atoms with E-state index in [2.05, 4.69) is 22.1 Å². The monoisotopic (exact) mass is 407 g/mol. The molecule has 0 aliphatic heterocycles. The Morgan fingerprint density at radius 1 is 1.03 bits per heavy atom. The maximum Gasteiger partial charge on any atom is 0.335 e. The van der Waals surface area contributed by atoms with Gasteiger partial charge in [-0.1, -0.05) is 30.8 Å². The van der Waals surface area contributed by atoms with Crippen LogP contribution in [0, 0.1) is 0 Å². The average Bonchev–Trinajstić information content (AvgIpc) is 3.27. The second-order valence-corrected chi connectivity index (χ2v) is 6.83. The topological polar surface area (TPSA) is 92.8 Å². The zero-order valence-corrected chi connectivity index (χ0v) is 16.4. The third kappa shape index (κ3) is 3.60. The quantitative estimate of drug-likeness (QED) is 0.242. The van der Waals surface area contributed by atoms with Crippen LogP contribution < -0.4 is 10.1 Å². The minimum absolute atomic E-state index is 0.369. The van der Waals surface area contributed by atoms with Gasteiger partial charge in [0.1, 0.15) is 11.6 Å². The highest BCUT2D eigenvalue weighted by Gasteiger charge is 2.15. The Morgan fingerprint density at radius 2 is 1.87 bits per heavy atom. The Kier molecular flexibility index (Phi) is 4.61. The molecule has 0 bridgehead atoms. The van der Waals surface area contributed by atoms with Crippen LogP contribution >= 0.6 is 0 Å². The summed E-state index contributed by atoms with van der Waals surface area (Å²) in [5, 5.41) is 12.3. The van der Waals surface area contributed by atoms with Crippen molar-refractivity contribution in [3.63, 3.8) is 0 Å². The molecule has 0 amide bonds. The third-order valence-electron chi connectivity index (χ3n) is 4.81. The number of carbonyl (C=O) groups is 1. The SMILES string of the molecule is C=CC(=O)Oc1ccccc1-c1nc(Nc2ccc3[nH]ncc3c2)c2ccccc2n1. The van der Waals surface area contributed by atoms with Crippen molar-refractivity contribution >= 4 is 39.3 Å². The smallest absolute Gasteiger partial charge is 0.335 e. The molecule has 2 aromatic heterocycles. The van der Waals surface area contributed by atoms with E-state index in [1.54, 1.807) is 18.3 Å². The molecule has 3 aromatic carbocycles. The summed E-state index contributed by atoms with van der Waals surface area (Å²) < 4.78 is 5.39. The minimum Gasteiger partial charge on any atom is -0.423 e. The van der Waals surface area contributed by atoms with Crippen LogP contribution in [0.25, 0.3) is 33.2 Å². The highest BCUT2D eigenvalue weighted by atomic mass is 16.5. The van der Waals surface area contributed by atoms with Crippen molar-refractivity contribution in [3.05, 3.63) is 85.6 Å². The lowest BCUT2D eigenvalue weighted by molar-refractivity contribution is -0.128. The van der Waals surface area contributed by atoms with Gasteiger partial charge in [0.25, 0.3) is 0 Å². The first-order valence-electron chi connectivity index (χ1n) is 9.62. The number of hydrogen-bond donors (Lipinski definition) is 2. The highest BCUT2D eigenvalue weighted by molar-refractivity contribution is 5.94. The summed E-state index contributed by atoms with van der Waals surface area (Å²) in [7, 11) is 0. The minimum atomic E-state index is -0.542. The standard InChI is InChI=1S/C24H17N5O2/c1-2-22(30)31-21-10-6-4-8-18(21)24-27-20-9-5-3-7-17(20)23(28-24)26-16-11-12-19-15(13-16)14-25-29-19/h2-14H,1H2,(H,25,29)(H,26,27,28). The molecule has 0 aliphatic carbocycles.